The normalized spacial score (nSPS) is 10.9. The molecule has 0 radical (unpaired) electrons. The minimum atomic E-state index is 0.0696. The fourth-order valence-electron chi connectivity index (χ4n) is 2.86. The molecule has 1 rings (SSSR count). The van der Waals surface area contributed by atoms with Gasteiger partial charge >= 0.3 is 0 Å². The monoisotopic (exact) mass is 336 g/mol. The molecular formula is C20H32O4. The summed E-state index contributed by atoms with van der Waals surface area (Å²) in [6.07, 6.45) is 12.1. The third kappa shape index (κ3) is 9.56. The zero-order valence-electron chi connectivity index (χ0n) is 14.7. The molecule has 0 saturated carbocycles. The first-order valence-corrected chi connectivity index (χ1v) is 9.27. The molecule has 1 aromatic carbocycles. The van der Waals surface area contributed by atoms with Crippen molar-refractivity contribution in [2.45, 2.75) is 77.0 Å². The summed E-state index contributed by atoms with van der Waals surface area (Å²) in [6.45, 7) is 0.309. The number of aliphatic hydroxyl groups is 1. The van der Waals surface area contributed by atoms with Gasteiger partial charge in [-0.05, 0) is 31.0 Å². The Morgan fingerprint density at radius 1 is 0.792 bits per heavy atom. The van der Waals surface area contributed by atoms with Crippen molar-refractivity contribution in [1.29, 1.82) is 0 Å². The topological polar surface area (TPSA) is 77.8 Å². The fourth-order valence-corrected chi connectivity index (χ4v) is 2.86. The van der Waals surface area contributed by atoms with Gasteiger partial charge in [0.25, 0.3) is 0 Å². The van der Waals surface area contributed by atoms with Crippen LogP contribution in [0.3, 0.4) is 0 Å². The molecule has 24 heavy (non-hydrogen) atoms. The molecule has 0 amide bonds. The first kappa shape index (κ1) is 20.5. The van der Waals surface area contributed by atoms with Crippen molar-refractivity contribution < 1.29 is 20.1 Å². The fraction of sp³-hybridized carbons (Fsp3) is 0.650. The lowest BCUT2D eigenvalue weighted by atomic mass is 10.0. The first-order valence-electron chi connectivity index (χ1n) is 9.27. The van der Waals surface area contributed by atoms with Gasteiger partial charge in [0.15, 0.2) is 0 Å². The Balaban J connectivity index is 1.99. The van der Waals surface area contributed by atoms with Crippen molar-refractivity contribution in [3.05, 3.63) is 23.8 Å². The van der Waals surface area contributed by atoms with Gasteiger partial charge in [-0.15, -0.1) is 0 Å². The molecule has 0 aromatic heterocycles. The van der Waals surface area contributed by atoms with E-state index in [0.717, 1.165) is 25.7 Å². The van der Waals surface area contributed by atoms with Crippen molar-refractivity contribution in [2.24, 2.45) is 0 Å². The quantitative estimate of drug-likeness (QED) is 0.345. The highest BCUT2D eigenvalue weighted by Gasteiger charge is 2.08. The molecule has 0 saturated heterocycles. The SMILES string of the molecule is O=C(CCCCCCCCCCCCO)Cc1cc(O)ccc1O. The van der Waals surface area contributed by atoms with Crippen LogP contribution in [0.5, 0.6) is 11.5 Å². The number of carbonyl (C=O) groups is 1. The average Bonchev–Trinajstić information content (AvgIpc) is 2.56. The second-order valence-corrected chi connectivity index (χ2v) is 6.54. The van der Waals surface area contributed by atoms with E-state index in [2.05, 4.69) is 0 Å². The maximum Gasteiger partial charge on any atom is 0.137 e. The van der Waals surface area contributed by atoms with Gasteiger partial charge in [0.05, 0.1) is 0 Å². The summed E-state index contributed by atoms with van der Waals surface area (Å²) in [7, 11) is 0. The highest BCUT2D eigenvalue weighted by atomic mass is 16.3. The van der Waals surface area contributed by atoms with E-state index in [-0.39, 0.29) is 23.7 Å². The van der Waals surface area contributed by atoms with Gasteiger partial charge in [-0.2, -0.15) is 0 Å². The number of aromatic hydroxyl groups is 2. The summed E-state index contributed by atoms with van der Waals surface area (Å²) in [5, 5.41) is 27.8. The summed E-state index contributed by atoms with van der Waals surface area (Å²) in [4.78, 5) is 11.9. The van der Waals surface area contributed by atoms with Crippen LogP contribution >= 0.6 is 0 Å². The zero-order valence-corrected chi connectivity index (χ0v) is 14.7. The standard InChI is InChI=1S/C20H32O4/c21-14-10-8-6-4-2-1-3-5-7-9-11-18(22)15-17-16-19(23)12-13-20(17)24/h12-13,16,21,23-24H,1-11,14-15H2. The van der Waals surface area contributed by atoms with Crippen molar-refractivity contribution in [3.63, 3.8) is 0 Å². The minimum absolute atomic E-state index is 0.0696. The molecule has 0 atom stereocenters. The molecule has 0 unspecified atom stereocenters. The predicted octanol–water partition coefficient (Wildman–Crippen LogP) is 4.49. The van der Waals surface area contributed by atoms with E-state index in [1.165, 1.54) is 56.7 Å². The summed E-state index contributed by atoms with van der Waals surface area (Å²) in [5.74, 6) is 0.256. The Morgan fingerprint density at radius 3 is 1.92 bits per heavy atom. The highest BCUT2D eigenvalue weighted by molar-refractivity contribution is 5.81. The van der Waals surface area contributed by atoms with Crippen molar-refractivity contribution >= 4 is 5.78 Å². The number of carbonyl (C=O) groups excluding carboxylic acids is 1. The lowest BCUT2D eigenvalue weighted by Crippen LogP contribution is -2.02. The summed E-state index contributed by atoms with van der Waals surface area (Å²) in [6, 6.07) is 4.28. The lowest BCUT2D eigenvalue weighted by molar-refractivity contribution is -0.118. The van der Waals surface area contributed by atoms with Crippen LogP contribution in [-0.2, 0) is 11.2 Å². The maximum absolute atomic E-state index is 11.9. The molecule has 4 heteroatoms. The number of benzene rings is 1. The van der Waals surface area contributed by atoms with Crippen molar-refractivity contribution in [3.8, 4) is 11.5 Å². The number of unbranched alkanes of at least 4 members (excludes halogenated alkanes) is 9. The number of ketones is 1. The second kappa shape index (κ2) is 12.8. The van der Waals surface area contributed by atoms with Crippen LogP contribution in [0.1, 0.15) is 76.2 Å². The molecule has 3 N–H and O–H groups in total. The van der Waals surface area contributed by atoms with Gasteiger partial charge in [-0.3, -0.25) is 4.79 Å². The Labute approximate surface area is 145 Å². The van der Waals surface area contributed by atoms with Crippen LogP contribution in [0.15, 0.2) is 18.2 Å². The molecule has 0 aliphatic heterocycles. The van der Waals surface area contributed by atoms with Crippen LogP contribution in [-0.4, -0.2) is 27.7 Å². The number of phenolic OH excluding ortho intramolecular Hbond substituents is 2. The van der Waals surface area contributed by atoms with Gasteiger partial charge in [-0.25, -0.2) is 0 Å². The van der Waals surface area contributed by atoms with Gasteiger partial charge in [-0.1, -0.05) is 51.4 Å². The third-order valence-electron chi connectivity index (χ3n) is 4.31. The van der Waals surface area contributed by atoms with E-state index in [0.29, 0.717) is 18.6 Å². The molecule has 4 nitrogen and oxygen atoms in total. The van der Waals surface area contributed by atoms with E-state index >= 15 is 0 Å². The molecule has 1 aromatic rings. The van der Waals surface area contributed by atoms with Gasteiger partial charge in [0.1, 0.15) is 17.3 Å². The molecule has 0 fully saturated rings. The van der Waals surface area contributed by atoms with Crippen LogP contribution in [0.25, 0.3) is 0 Å². The summed E-state index contributed by atoms with van der Waals surface area (Å²) < 4.78 is 0. The smallest absolute Gasteiger partial charge is 0.137 e. The third-order valence-corrected chi connectivity index (χ3v) is 4.31. The largest absolute Gasteiger partial charge is 0.508 e. The van der Waals surface area contributed by atoms with Crippen molar-refractivity contribution in [2.75, 3.05) is 6.61 Å². The maximum atomic E-state index is 11.9. The average molecular weight is 336 g/mol. The van der Waals surface area contributed by atoms with E-state index in [1.54, 1.807) is 0 Å². The molecule has 0 aliphatic carbocycles. The number of aliphatic hydroxyl groups excluding tert-OH is 1. The number of rotatable bonds is 14. The Bertz CT molecular complexity index is 471. The predicted molar refractivity (Wildman–Crippen MR) is 96.4 cm³/mol. The number of Topliss-reactive ketones (excluding diaryl/α,β-unsaturated/α-hetero) is 1. The lowest BCUT2D eigenvalue weighted by Gasteiger charge is -2.05. The van der Waals surface area contributed by atoms with Gasteiger partial charge in [0, 0.05) is 25.0 Å². The van der Waals surface area contributed by atoms with E-state index < -0.39 is 0 Å². The van der Waals surface area contributed by atoms with E-state index in [1.807, 2.05) is 0 Å². The zero-order chi connectivity index (χ0) is 17.6. The highest BCUT2D eigenvalue weighted by Crippen LogP contribution is 2.23. The summed E-state index contributed by atoms with van der Waals surface area (Å²) >= 11 is 0. The van der Waals surface area contributed by atoms with Crippen LogP contribution in [0.2, 0.25) is 0 Å². The molecular weight excluding hydrogens is 304 g/mol. The van der Waals surface area contributed by atoms with Gasteiger partial charge < -0.3 is 15.3 Å². The first-order chi connectivity index (χ1) is 11.6. The van der Waals surface area contributed by atoms with Crippen LogP contribution in [0.4, 0.5) is 0 Å². The number of hydrogen-bond donors (Lipinski definition) is 3. The molecule has 0 heterocycles. The second-order valence-electron chi connectivity index (χ2n) is 6.54. The van der Waals surface area contributed by atoms with E-state index in [9.17, 15) is 15.0 Å². The molecule has 136 valence electrons. The Kier molecular flexibility index (Phi) is 10.9. The summed E-state index contributed by atoms with van der Waals surface area (Å²) in [5.41, 5.74) is 0.501. The number of phenols is 2. The Morgan fingerprint density at radius 2 is 1.33 bits per heavy atom. The van der Waals surface area contributed by atoms with Crippen LogP contribution in [0, 0.1) is 0 Å². The van der Waals surface area contributed by atoms with Crippen LogP contribution < -0.4 is 0 Å². The molecule has 0 spiro atoms. The molecule has 0 aliphatic rings. The number of hydrogen-bond acceptors (Lipinski definition) is 4. The van der Waals surface area contributed by atoms with E-state index in [4.69, 9.17) is 5.11 Å². The van der Waals surface area contributed by atoms with Crippen molar-refractivity contribution in [1.82, 2.24) is 0 Å². The Hall–Kier alpha value is -1.55. The van der Waals surface area contributed by atoms with Gasteiger partial charge in [0.2, 0.25) is 0 Å². The molecule has 0 bridgehead atoms. The minimum Gasteiger partial charge on any atom is -0.508 e.